The number of nitrogens with zero attached hydrogens (tertiary/aromatic N) is 1. The number of nitrogens with two attached hydrogens (primary N) is 1. The van der Waals surface area contributed by atoms with E-state index in [-0.39, 0.29) is 12.4 Å². The maximum Gasteiger partial charge on any atom is 0.415 e. The molecule has 5 heteroatoms. The highest BCUT2D eigenvalue weighted by atomic mass is 16.6. The van der Waals surface area contributed by atoms with E-state index in [1.165, 1.54) is 11.0 Å². The molecule has 16 heavy (non-hydrogen) atoms. The van der Waals surface area contributed by atoms with E-state index in [1.54, 1.807) is 18.2 Å². The second kappa shape index (κ2) is 3.68. The summed E-state index contributed by atoms with van der Waals surface area (Å²) in [6.07, 6.45) is -0.432. The molecule has 1 unspecified atom stereocenters. The van der Waals surface area contributed by atoms with E-state index >= 15 is 0 Å². The van der Waals surface area contributed by atoms with E-state index in [2.05, 4.69) is 0 Å². The highest BCUT2D eigenvalue weighted by Gasteiger charge is 2.43. The van der Waals surface area contributed by atoms with Crippen molar-refractivity contribution in [2.75, 3.05) is 18.1 Å². The molecule has 3 N–H and O–H groups in total. The van der Waals surface area contributed by atoms with Crippen LogP contribution >= 0.6 is 0 Å². The number of aromatic hydroxyl groups is 1. The average Bonchev–Trinajstić information content (AvgIpc) is 2.56. The average molecular weight is 222 g/mol. The molecule has 1 fully saturated rings. The second-order valence-electron chi connectivity index (χ2n) is 4.11. The predicted octanol–water partition coefficient (Wildman–Crippen LogP) is 1.07. The van der Waals surface area contributed by atoms with Crippen molar-refractivity contribution in [1.82, 2.24) is 0 Å². The van der Waals surface area contributed by atoms with Gasteiger partial charge in [-0.05, 0) is 19.1 Å². The predicted molar refractivity (Wildman–Crippen MR) is 59.4 cm³/mol. The van der Waals surface area contributed by atoms with Crippen LogP contribution < -0.4 is 10.6 Å². The summed E-state index contributed by atoms with van der Waals surface area (Å²) < 4.78 is 4.99. The van der Waals surface area contributed by atoms with Gasteiger partial charge in [-0.25, -0.2) is 4.79 Å². The third-order valence-electron chi connectivity index (χ3n) is 2.76. The Hall–Kier alpha value is -1.75. The van der Waals surface area contributed by atoms with Crippen molar-refractivity contribution in [2.45, 2.75) is 12.5 Å². The minimum atomic E-state index is -0.551. The van der Waals surface area contributed by atoms with Crippen molar-refractivity contribution in [3.05, 3.63) is 24.3 Å². The summed E-state index contributed by atoms with van der Waals surface area (Å²) in [5.41, 5.74) is 5.70. The van der Waals surface area contributed by atoms with Gasteiger partial charge in [0.2, 0.25) is 0 Å². The highest BCUT2D eigenvalue weighted by molar-refractivity contribution is 5.91. The number of phenolic OH excluding ortho intramolecular Hbond substituents is 1. The number of ether oxygens (including phenoxy) is 1. The lowest BCUT2D eigenvalue weighted by Gasteiger charge is -2.30. The van der Waals surface area contributed by atoms with E-state index in [0.29, 0.717) is 12.2 Å². The van der Waals surface area contributed by atoms with E-state index in [1.807, 2.05) is 6.92 Å². The Morgan fingerprint density at radius 3 is 3.00 bits per heavy atom. The van der Waals surface area contributed by atoms with Crippen LogP contribution in [0.2, 0.25) is 0 Å². The highest BCUT2D eigenvalue weighted by Crippen LogP contribution is 2.31. The van der Waals surface area contributed by atoms with Gasteiger partial charge in [0, 0.05) is 12.6 Å². The van der Waals surface area contributed by atoms with Gasteiger partial charge in [0.1, 0.15) is 12.4 Å². The van der Waals surface area contributed by atoms with Crippen molar-refractivity contribution in [3.63, 3.8) is 0 Å². The van der Waals surface area contributed by atoms with Crippen LogP contribution in [0.4, 0.5) is 10.5 Å². The monoisotopic (exact) mass is 222 g/mol. The van der Waals surface area contributed by atoms with Gasteiger partial charge in [0.15, 0.2) is 0 Å². The molecule has 2 rings (SSSR count). The van der Waals surface area contributed by atoms with Crippen LogP contribution in [0.3, 0.4) is 0 Å². The summed E-state index contributed by atoms with van der Waals surface area (Å²) in [7, 11) is 0. The van der Waals surface area contributed by atoms with Gasteiger partial charge in [-0.2, -0.15) is 0 Å². The normalized spacial score (nSPS) is 24.6. The fourth-order valence-corrected chi connectivity index (χ4v) is 1.77. The first-order valence-corrected chi connectivity index (χ1v) is 5.03. The molecular weight excluding hydrogens is 208 g/mol. The maximum absolute atomic E-state index is 11.6. The summed E-state index contributed by atoms with van der Waals surface area (Å²) >= 11 is 0. The summed E-state index contributed by atoms with van der Waals surface area (Å²) in [6.45, 7) is 2.41. The fraction of sp³-hybridized carbons (Fsp3) is 0.364. The van der Waals surface area contributed by atoms with Gasteiger partial charge in [0.05, 0.1) is 11.2 Å². The lowest BCUT2D eigenvalue weighted by atomic mass is 10.0. The van der Waals surface area contributed by atoms with Crippen LogP contribution in [0.5, 0.6) is 5.75 Å². The van der Waals surface area contributed by atoms with Crippen LogP contribution in [0.1, 0.15) is 6.92 Å². The molecule has 1 aliphatic rings. The second-order valence-corrected chi connectivity index (χ2v) is 4.11. The van der Waals surface area contributed by atoms with Crippen LogP contribution in [0, 0.1) is 0 Å². The van der Waals surface area contributed by atoms with Crippen molar-refractivity contribution >= 4 is 11.8 Å². The van der Waals surface area contributed by atoms with Gasteiger partial charge < -0.3 is 15.6 Å². The molecule has 1 atom stereocenters. The third-order valence-corrected chi connectivity index (χ3v) is 2.76. The molecule has 1 heterocycles. The Kier molecular flexibility index (Phi) is 2.47. The molecule has 0 aliphatic carbocycles. The summed E-state index contributed by atoms with van der Waals surface area (Å²) in [5, 5.41) is 9.39. The zero-order valence-electron chi connectivity index (χ0n) is 9.01. The number of anilines is 1. The molecule has 1 saturated heterocycles. The number of cyclic esters (lactones) is 1. The number of hydrogen-bond donors (Lipinski definition) is 2. The first-order chi connectivity index (χ1) is 7.57. The number of hydrogen-bond acceptors (Lipinski definition) is 4. The first-order valence-electron chi connectivity index (χ1n) is 5.03. The van der Waals surface area contributed by atoms with E-state index in [9.17, 15) is 9.90 Å². The minimum absolute atomic E-state index is 0.108. The Morgan fingerprint density at radius 1 is 1.62 bits per heavy atom. The van der Waals surface area contributed by atoms with Crippen LogP contribution in [0.15, 0.2) is 24.3 Å². The molecule has 0 aromatic heterocycles. The van der Waals surface area contributed by atoms with Gasteiger partial charge in [0.25, 0.3) is 0 Å². The van der Waals surface area contributed by atoms with Gasteiger partial charge in [-0.15, -0.1) is 0 Å². The van der Waals surface area contributed by atoms with Crippen LogP contribution in [-0.2, 0) is 4.74 Å². The minimum Gasteiger partial charge on any atom is -0.508 e. The molecule has 86 valence electrons. The topological polar surface area (TPSA) is 75.8 Å². The zero-order chi connectivity index (χ0) is 11.8. The zero-order valence-corrected chi connectivity index (χ0v) is 9.01. The number of amides is 1. The summed E-state index contributed by atoms with van der Waals surface area (Å²) in [5.74, 6) is 0.108. The fourth-order valence-electron chi connectivity index (χ4n) is 1.77. The number of phenols is 1. The van der Waals surface area contributed by atoms with E-state index in [4.69, 9.17) is 10.5 Å². The lowest BCUT2D eigenvalue weighted by molar-refractivity contribution is 0.174. The van der Waals surface area contributed by atoms with Crippen molar-refractivity contribution in [2.24, 2.45) is 5.73 Å². The molecule has 0 spiro atoms. The molecule has 0 bridgehead atoms. The third kappa shape index (κ3) is 1.59. The van der Waals surface area contributed by atoms with Crippen LogP contribution in [0.25, 0.3) is 0 Å². The van der Waals surface area contributed by atoms with Gasteiger partial charge in [-0.3, -0.25) is 4.90 Å². The number of benzene rings is 1. The molecule has 1 aromatic rings. The van der Waals surface area contributed by atoms with E-state index < -0.39 is 11.6 Å². The molecule has 1 aromatic carbocycles. The Labute approximate surface area is 93.4 Å². The smallest absolute Gasteiger partial charge is 0.415 e. The SMILES string of the molecule is CC1(CN)COC(=O)N1c1cccc(O)c1. The summed E-state index contributed by atoms with van der Waals surface area (Å²) in [6, 6.07) is 6.47. The number of rotatable bonds is 2. The summed E-state index contributed by atoms with van der Waals surface area (Å²) in [4.78, 5) is 13.1. The number of carbonyl (C=O) groups is 1. The quantitative estimate of drug-likeness (QED) is 0.784. The molecule has 0 saturated carbocycles. The lowest BCUT2D eigenvalue weighted by Crippen LogP contribution is -2.50. The maximum atomic E-state index is 11.6. The van der Waals surface area contributed by atoms with Crippen molar-refractivity contribution in [1.29, 1.82) is 0 Å². The molecule has 1 amide bonds. The van der Waals surface area contributed by atoms with E-state index in [0.717, 1.165) is 0 Å². The molecular formula is C11H14N2O3. The van der Waals surface area contributed by atoms with Crippen LogP contribution in [-0.4, -0.2) is 29.9 Å². The van der Waals surface area contributed by atoms with Gasteiger partial charge >= 0.3 is 6.09 Å². The van der Waals surface area contributed by atoms with Crippen molar-refractivity contribution in [3.8, 4) is 5.75 Å². The largest absolute Gasteiger partial charge is 0.508 e. The van der Waals surface area contributed by atoms with Gasteiger partial charge in [-0.1, -0.05) is 6.07 Å². The molecule has 1 aliphatic heterocycles. The molecule has 5 nitrogen and oxygen atoms in total. The Balaban J connectivity index is 2.41. The molecule has 0 radical (unpaired) electrons. The van der Waals surface area contributed by atoms with Crippen molar-refractivity contribution < 1.29 is 14.6 Å². The number of carbonyl (C=O) groups excluding carboxylic acids is 1. The Bertz CT molecular complexity index is 421. The first kappa shape index (κ1) is 10.8. The standard InChI is InChI=1S/C11H14N2O3/c1-11(6-12)7-16-10(15)13(11)8-3-2-4-9(14)5-8/h2-5,14H,6-7,12H2,1H3. The Morgan fingerprint density at radius 2 is 2.38 bits per heavy atom.